The van der Waals surface area contributed by atoms with Gasteiger partial charge in [-0.25, -0.2) is 0 Å². The van der Waals surface area contributed by atoms with E-state index in [-0.39, 0.29) is 22.8 Å². The zero-order chi connectivity index (χ0) is 15.3. The molecule has 20 heavy (non-hydrogen) atoms. The fourth-order valence-corrected chi connectivity index (χ4v) is 3.57. The van der Waals surface area contributed by atoms with Gasteiger partial charge in [-0.2, -0.15) is 0 Å². The molecule has 0 amide bonds. The second kappa shape index (κ2) is 4.79. The van der Waals surface area contributed by atoms with Gasteiger partial charge in [0.15, 0.2) is 5.78 Å². The molecule has 2 heterocycles. The number of carbonyl (C=O) groups is 1. The summed E-state index contributed by atoms with van der Waals surface area (Å²) in [7, 11) is 2.17. The van der Waals surface area contributed by atoms with Crippen LogP contribution in [0.2, 0.25) is 0 Å². The van der Waals surface area contributed by atoms with E-state index >= 15 is 0 Å². The number of likely N-dealkylation sites (N-methyl/N-ethyl adjacent to an activating group) is 1. The molecule has 4 nitrogen and oxygen atoms in total. The summed E-state index contributed by atoms with van der Waals surface area (Å²) in [6.07, 6.45) is 0. The highest BCUT2D eigenvalue weighted by molar-refractivity contribution is 5.91. The number of Topliss-reactive ketones (excluding diaryl/α,β-unsaturated/α-hetero) is 1. The van der Waals surface area contributed by atoms with Gasteiger partial charge in [0.2, 0.25) is 0 Å². The van der Waals surface area contributed by atoms with E-state index < -0.39 is 5.60 Å². The zero-order valence-corrected chi connectivity index (χ0v) is 14.1. The molecule has 2 aliphatic heterocycles. The fourth-order valence-electron chi connectivity index (χ4n) is 3.57. The van der Waals surface area contributed by atoms with Crippen LogP contribution in [0.25, 0.3) is 0 Å². The Bertz CT molecular complexity index is 401. The molecule has 1 atom stereocenters. The van der Waals surface area contributed by atoms with Crippen molar-refractivity contribution < 1.29 is 9.53 Å². The van der Waals surface area contributed by atoms with E-state index in [1.54, 1.807) is 0 Å². The first-order valence-corrected chi connectivity index (χ1v) is 7.64. The Kier molecular flexibility index (Phi) is 3.81. The Morgan fingerprint density at radius 2 is 1.75 bits per heavy atom. The van der Waals surface area contributed by atoms with Crippen molar-refractivity contribution in [2.45, 2.75) is 58.3 Å². The molecule has 0 aromatic heterocycles. The first-order chi connectivity index (χ1) is 8.96. The van der Waals surface area contributed by atoms with Crippen molar-refractivity contribution in [3.05, 3.63) is 0 Å². The molecule has 4 heteroatoms. The topological polar surface area (TPSA) is 32.8 Å². The Morgan fingerprint density at radius 3 is 2.20 bits per heavy atom. The van der Waals surface area contributed by atoms with Gasteiger partial charge in [-0.3, -0.25) is 14.6 Å². The number of carbonyl (C=O) groups excluding carboxylic acids is 1. The van der Waals surface area contributed by atoms with Gasteiger partial charge >= 0.3 is 0 Å². The van der Waals surface area contributed by atoms with Gasteiger partial charge in [0.05, 0.1) is 11.5 Å². The average Bonchev–Trinajstić information content (AvgIpc) is 2.41. The summed E-state index contributed by atoms with van der Waals surface area (Å²) < 4.78 is 5.99. The number of rotatable bonds is 2. The maximum Gasteiger partial charge on any atom is 0.171 e. The molecule has 2 rings (SSSR count). The lowest BCUT2D eigenvalue weighted by Crippen LogP contribution is -2.59. The highest BCUT2D eigenvalue weighted by Crippen LogP contribution is 2.39. The van der Waals surface area contributed by atoms with E-state index in [1.165, 1.54) is 0 Å². The number of ketones is 1. The quantitative estimate of drug-likeness (QED) is 0.773. The molecule has 0 bridgehead atoms. The molecule has 0 saturated carbocycles. The van der Waals surface area contributed by atoms with E-state index in [0.29, 0.717) is 0 Å². The van der Waals surface area contributed by atoms with E-state index in [2.05, 4.69) is 30.7 Å². The maximum absolute atomic E-state index is 12.6. The summed E-state index contributed by atoms with van der Waals surface area (Å²) in [5, 5.41) is 0. The SMILES string of the molecule is CN1CCN(CC2C(=O)C(C)(C)OC2(C)C)CC1(C)C. The number of hydrogen-bond acceptors (Lipinski definition) is 4. The maximum atomic E-state index is 12.6. The summed E-state index contributed by atoms with van der Waals surface area (Å²) in [5.41, 5.74) is -0.843. The van der Waals surface area contributed by atoms with E-state index in [4.69, 9.17) is 4.74 Å². The van der Waals surface area contributed by atoms with Crippen LogP contribution < -0.4 is 0 Å². The molecule has 0 N–H and O–H groups in total. The fraction of sp³-hybridized carbons (Fsp3) is 0.938. The molecule has 0 aromatic rings. The largest absolute Gasteiger partial charge is 0.361 e. The lowest BCUT2D eigenvalue weighted by Gasteiger charge is -2.46. The smallest absolute Gasteiger partial charge is 0.171 e. The van der Waals surface area contributed by atoms with Gasteiger partial charge in [-0.15, -0.1) is 0 Å². The standard InChI is InChI=1S/C16H30N2O2/c1-14(2)11-18(9-8-17(14)7)10-12-13(19)16(5,6)20-15(12,3)4/h12H,8-11H2,1-7H3. The number of hydrogen-bond donors (Lipinski definition) is 0. The molecule has 116 valence electrons. The van der Waals surface area contributed by atoms with Crippen LogP contribution in [0.15, 0.2) is 0 Å². The summed E-state index contributed by atoms with van der Waals surface area (Å²) in [5.74, 6) is 0.218. The Morgan fingerprint density at radius 1 is 1.15 bits per heavy atom. The summed E-state index contributed by atoms with van der Waals surface area (Å²) in [6, 6.07) is 0. The van der Waals surface area contributed by atoms with E-state index in [9.17, 15) is 4.79 Å². The highest BCUT2D eigenvalue weighted by Gasteiger charge is 2.53. The Hall–Kier alpha value is -0.450. The van der Waals surface area contributed by atoms with Crippen LogP contribution in [-0.2, 0) is 9.53 Å². The van der Waals surface area contributed by atoms with Crippen molar-refractivity contribution in [1.82, 2.24) is 9.80 Å². The molecular weight excluding hydrogens is 252 g/mol. The van der Waals surface area contributed by atoms with Crippen molar-refractivity contribution in [3.8, 4) is 0 Å². The van der Waals surface area contributed by atoms with Gasteiger partial charge in [0.25, 0.3) is 0 Å². The lowest BCUT2D eigenvalue weighted by atomic mass is 9.85. The molecule has 0 radical (unpaired) electrons. The minimum Gasteiger partial charge on any atom is -0.361 e. The molecule has 0 aliphatic carbocycles. The van der Waals surface area contributed by atoms with Crippen molar-refractivity contribution in [1.29, 1.82) is 0 Å². The number of nitrogens with zero attached hydrogens (tertiary/aromatic N) is 2. The lowest BCUT2D eigenvalue weighted by molar-refractivity contribution is -0.132. The number of ether oxygens (including phenoxy) is 1. The van der Waals surface area contributed by atoms with Crippen LogP contribution in [0.5, 0.6) is 0 Å². The summed E-state index contributed by atoms with van der Waals surface area (Å²) >= 11 is 0. The third-order valence-electron chi connectivity index (χ3n) is 5.10. The van der Waals surface area contributed by atoms with Gasteiger partial charge in [0.1, 0.15) is 5.60 Å². The first-order valence-electron chi connectivity index (χ1n) is 7.64. The monoisotopic (exact) mass is 282 g/mol. The normalized spacial score (nSPS) is 33.5. The van der Waals surface area contributed by atoms with Gasteiger partial charge in [0, 0.05) is 31.7 Å². The number of piperazine rings is 1. The van der Waals surface area contributed by atoms with Crippen molar-refractivity contribution in [3.63, 3.8) is 0 Å². The molecule has 2 saturated heterocycles. The highest BCUT2D eigenvalue weighted by atomic mass is 16.5. The zero-order valence-electron chi connectivity index (χ0n) is 14.1. The molecule has 2 aliphatic rings. The summed E-state index contributed by atoms with van der Waals surface area (Å²) in [6.45, 7) is 16.3. The van der Waals surface area contributed by atoms with Crippen molar-refractivity contribution >= 4 is 5.78 Å². The molecule has 0 aromatic carbocycles. The summed E-state index contributed by atoms with van der Waals surface area (Å²) in [4.78, 5) is 17.4. The predicted octanol–water partition coefficient (Wildman–Crippen LogP) is 1.79. The van der Waals surface area contributed by atoms with Crippen molar-refractivity contribution in [2.75, 3.05) is 33.2 Å². The van der Waals surface area contributed by atoms with E-state index in [0.717, 1.165) is 26.2 Å². The van der Waals surface area contributed by atoms with Gasteiger partial charge < -0.3 is 4.74 Å². The molecular formula is C16H30N2O2. The van der Waals surface area contributed by atoms with Crippen molar-refractivity contribution in [2.24, 2.45) is 5.92 Å². The predicted molar refractivity (Wildman–Crippen MR) is 80.9 cm³/mol. The molecule has 1 unspecified atom stereocenters. The average molecular weight is 282 g/mol. The van der Waals surface area contributed by atoms with Crippen LogP contribution >= 0.6 is 0 Å². The second-order valence-corrected chi connectivity index (χ2v) is 8.10. The Labute approximate surface area is 123 Å². The second-order valence-electron chi connectivity index (χ2n) is 8.10. The van der Waals surface area contributed by atoms with Gasteiger partial charge in [-0.1, -0.05) is 0 Å². The molecule has 2 fully saturated rings. The van der Waals surface area contributed by atoms with Gasteiger partial charge in [-0.05, 0) is 48.6 Å². The Balaban J connectivity index is 2.09. The molecule has 0 spiro atoms. The van der Waals surface area contributed by atoms with Crippen LogP contribution in [0.3, 0.4) is 0 Å². The van der Waals surface area contributed by atoms with Crippen LogP contribution in [0.1, 0.15) is 41.5 Å². The minimum atomic E-state index is -0.643. The van der Waals surface area contributed by atoms with Crippen LogP contribution in [-0.4, -0.2) is 65.6 Å². The minimum absolute atomic E-state index is 0.0308. The first kappa shape index (κ1) is 15.9. The third-order valence-corrected chi connectivity index (χ3v) is 5.10. The van der Waals surface area contributed by atoms with E-state index in [1.807, 2.05) is 27.7 Å². The van der Waals surface area contributed by atoms with Crippen LogP contribution in [0.4, 0.5) is 0 Å². The third kappa shape index (κ3) is 2.78. The van der Waals surface area contributed by atoms with Crippen LogP contribution in [0, 0.1) is 5.92 Å².